The van der Waals surface area contributed by atoms with Gasteiger partial charge in [0.2, 0.25) is 0 Å². The number of rotatable bonds is 4. The summed E-state index contributed by atoms with van der Waals surface area (Å²) in [6.45, 7) is 5.01. The molecule has 14 heavy (non-hydrogen) atoms. The Morgan fingerprint density at radius 3 is 2.79 bits per heavy atom. The van der Waals surface area contributed by atoms with Gasteiger partial charge in [-0.15, -0.1) is 0 Å². The van der Waals surface area contributed by atoms with Crippen molar-refractivity contribution < 1.29 is 4.79 Å². The summed E-state index contributed by atoms with van der Waals surface area (Å²) in [6, 6.07) is 0.671. The van der Waals surface area contributed by atoms with Gasteiger partial charge >= 0.3 is 0 Å². The van der Waals surface area contributed by atoms with Gasteiger partial charge in [-0.25, -0.2) is 4.98 Å². The van der Waals surface area contributed by atoms with Gasteiger partial charge in [0.05, 0.1) is 10.6 Å². The Morgan fingerprint density at radius 1 is 1.64 bits per heavy atom. The smallest absolute Gasteiger partial charge is 0.186 e. The van der Waals surface area contributed by atoms with E-state index in [0.29, 0.717) is 6.04 Å². The number of aldehydes is 1. The molecule has 4 heteroatoms. The third kappa shape index (κ3) is 1.66. The van der Waals surface area contributed by atoms with Crippen LogP contribution >= 0.6 is 11.3 Å². The molecule has 0 saturated heterocycles. The first-order chi connectivity index (χ1) is 6.76. The minimum absolute atomic E-state index is 0.671. The summed E-state index contributed by atoms with van der Waals surface area (Å²) in [7, 11) is 0. The van der Waals surface area contributed by atoms with Gasteiger partial charge < -0.3 is 4.90 Å². The van der Waals surface area contributed by atoms with Crippen LogP contribution in [0.25, 0.3) is 0 Å². The van der Waals surface area contributed by atoms with Crippen molar-refractivity contribution in [2.45, 2.75) is 32.7 Å². The van der Waals surface area contributed by atoms with Crippen LogP contribution in [0.15, 0.2) is 0 Å². The number of hydrogen-bond donors (Lipinski definition) is 0. The molecule has 2 rings (SSSR count). The summed E-state index contributed by atoms with van der Waals surface area (Å²) in [5.41, 5.74) is 0.860. The molecule has 0 aliphatic heterocycles. The summed E-state index contributed by atoms with van der Waals surface area (Å²) < 4.78 is 0. The Bertz CT molecular complexity index is 344. The molecule has 0 amide bonds. The first kappa shape index (κ1) is 9.65. The standard InChI is InChI=1S/C10H14N2OS/c1-3-12(8-4-5-8)10-11-7(2)9(6-13)14-10/h6,8H,3-5H2,1-2H3. The van der Waals surface area contributed by atoms with E-state index < -0.39 is 0 Å². The molecule has 0 bridgehead atoms. The van der Waals surface area contributed by atoms with Crippen molar-refractivity contribution in [1.82, 2.24) is 4.98 Å². The van der Waals surface area contributed by atoms with E-state index in [1.165, 1.54) is 24.2 Å². The maximum absolute atomic E-state index is 10.7. The van der Waals surface area contributed by atoms with Crippen molar-refractivity contribution in [3.63, 3.8) is 0 Å². The van der Waals surface area contributed by atoms with Crippen LogP contribution in [0.1, 0.15) is 35.1 Å². The lowest BCUT2D eigenvalue weighted by atomic mass is 10.4. The fourth-order valence-corrected chi connectivity index (χ4v) is 2.58. The minimum atomic E-state index is 0.671. The van der Waals surface area contributed by atoms with Crippen LogP contribution in [0, 0.1) is 6.92 Å². The van der Waals surface area contributed by atoms with E-state index in [4.69, 9.17) is 0 Å². The lowest BCUT2D eigenvalue weighted by molar-refractivity contribution is 0.112. The molecular formula is C10H14N2OS. The Labute approximate surface area is 87.8 Å². The molecule has 76 valence electrons. The number of aryl methyl sites for hydroxylation is 1. The third-order valence-corrected chi connectivity index (χ3v) is 3.62. The molecule has 1 fully saturated rings. The quantitative estimate of drug-likeness (QED) is 0.715. The summed E-state index contributed by atoms with van der Waals surface area (Å²) in [6.07, 6.45) is 3.43. The molecule has 1 aliphatic carbocycles. The van der Waals surface area contributed by atoms with Gasteiger partial charge in [0.15, 0.2) is 11.4 Å². The second-order valence-corrected chi connectivity index (χ2v) is 4.59. The number of hydrogen-bond acceptors (Lipinski definition) is 4. The normalized spacial score (nSPS) is 15.6. The van der Waals surface area contributed by atoms with Crippen LogP contribution in [0.4, 0.5) is 5.13 Å². The zero-order valence-corrected chi connectivity index (χ0v) is 9.30. The summed E-state index contributed by atoms with van der Waals surface area (Å²) in [5, 5.41) is 1.01. The first-order valence-electron chi connectivity index (χ1n) is 4.95. The number of aromatic nitrogens is 1. The molecule has 3 nitrogen and oxygen atoms in total. The van der Waals surface area contributed by atoms with E-state index in [1.807, 2.05) is 6.92 Å². The number of carbonyl (C=O) groups excluding carboxylic acids is 1. The second-order valence-electron chi connectivity index (χ2n) is 3.58. The van der Waals surface area contributed by atoms with Crippen molar-refractivity contribution in [3.8, 4) is 0 Å². The van der Waals surface area contributed by atoms with Crippen LogP contribution in [-0.4, -0.2) is 23.9 Å². The molecular weight excluding hydrogens is 196 g/mol. The highest BCUT2D eigenvalue weighted by atomic mass is 32.1. The minimum Gasteiger partial charge on any atom is -0.345 e. The Morgan fingerprint density at radius 2 is 2.36 bits per heavy atom. The molecule has 0 atom stereocenters. The number of anilines is 1. The monoisotopic (exact) mass is 210 g/mol. The zero-order chi connectivity index (χ0) is 10.1. The zero-order valence-electron chi connectivity index (χ0n) is 8.49. The number of nitrogens with zero attached hydrogens (tertiary/aromatic N) is 2. The van der Waals surface area contributed by atoms with Crippen molar-refractivity contribution in [2.24, 2.45) is 0 Å². The molecule has 1 aromatic heterocycles. The van der Waals surface area contributed by atoms with E-state index >= 15 is 0 Å². The Kier molecular flexibility index (Phi) is 2.54. The average molecular weight is 210 g/mol. The van der Waals surface area contributed by atoms with Gasteiger partial charge in [0, 0.05) is 12.6 Å². The number of thiazole rings is 1. The summed E-state index contributed by atoms with van der Waals surface area (Å²) in [5.74, 6) is 0. The molecule has 1 saturated carbocycles. The first-order valence-corrected chi connectivity index (χ1v) is 5.77. The second kappa shape index (κ2) is 3.69. The maximum atomic E-state index is 10.7. The van der Waals surface area contributed by atoms with Crippen molar-refractivity contribution in [2.75, 3.05) is 11.4 Å². The van der Waals surface area contributed by atoms with Crippen LogP contribution in [0.5, 0.6) is 0 Å². The maximum Gasteiger partial charge on any atom is 0.186 e. The van der Waals surface area contributed by atoms with E-state index in [-0.39, 0.29) is 0 Å². The number of carbonyl (C=O) groups is 1. The predicted octanol–water partition coefficient (Wildman–Crippen LogP) is 2.25. The molecule has 0 N–H and O–H groups in total. The SMILES string of the molecule is CCN(c1nc(C)c(C=O)s1)C1CC1. The largest absolute Gasteiger partial charge is 0.345 e. The Hall–Kier alpha value is -0.900. The topological polar surface area (TPSA) is 33.2 Å². The van der Waals surface area contributed by atoms with Crippen LogP contribution in [0.2, 0.25) is 0 Å². The summed E-state index contributed by atoms with van der Waals surface area (Å²) in [4.78, 5) is 18.2. The van der Waals surface area contributed by atoms with Gasteiger partial charge in [0.1, 0.15) is 0 Å². The highest BCUT2D eigenvalue weighted by molar-refractivity contribution is 7.17. The fraction of sp³-hybridized carbons (Fsp3) is 0.600. The Balaban J connectivity index is 2.25. The lowest BCUT2D eigenvalue weighted by Crippen LogP contribution is -2.24. The van der Waals surface area contributed by atoms with E-state index in [9.17, 15) is 4.79 Å². The lowest BCUT2D eigenvalue weighted by Gasteiger charge is -2.18. The van der Waals surface area contributed by atoms with Crippen molar-refractivity contribution in [3.05, 3.63) is 10.6 Å². The van der Waals surface area contributed by atoms with Gasteiger partial charge in [0.25, 0.3) is 0 Å². The van der Waals surface area contributed by atoms with Gasteiger partial charge in [-0.2, -0.15) is 0 Å². The molecule has 0 aromatic carbocycles. The average Bonchev–Trinajstić information content (AvgIpc) is 2.92. The van der Waals surface area contributed by atoms with E-state index in [0.717, 1.165) is 28.5 Å². The molecule has 1 aliphatic rings. The highest BCUT2D eigenvalue weighted by Gasteiger charge is 2.30. The molecule has 0 radical (unpaired) electrons. The fourth-order valence-electron chi connectivity index (χ4n) is 1.56. The van der Waals surface area contributed by atoms with Gasteiger partial charge in [-0.1, -0.05) is 11.3 Å². The van der Waals surface area contributed by atoms with Crippen LogP contribution in [-0.2, 0) is 0 Å². The van der Waals surface area contributed by atoms with Gasteiger partial charge in [-0.3, -0.25) is 4.79 Å². The highest BCUT2D eigenvalue weighted by Crippen LogP contribution is 2.34. The van der Waals surface area contributed by atoms with Gasteiger partial charge in [-0.05, 0) is 26.7 Å². The molecule has 1 aromatic rings. The molecule has 1 heterocycles. The summed E-state index contributed by atoms with van der Waals surface area (Å²) >= 11 is 1.51. The predicted molar refractivity (Wildman–Crippen MR) is 58.3 cm³/mol. The molecule has 0 spiro atoms. The van der Waals surface area contributed by atoms with Crippen LogP contribution < -0.4 is 4.90 Å². The molecule has 0 unspecified atom stereocenters. The van der Waals surface area contributed by atoms with E-state index in [2.05, 4.69) is 16.8 Å². The van der Waals surface area contributed by atoms with E-state index in [1.54, 1.807) is 0 Å². The van der Waals surface area contributed by atoms with Crippen molar-refractivity contribution >= 4 is 22.8 Å². The van der Waals surface area contributed by atoms with Crippen LogP contribution in [0.3, 0.4) is 0 Å². The third-order valence-electron chi connectivity index (χ3n) is 2.50. The van der Waals surface area contributed by atoms with Crippen molar-refractivity contribution in [1.29, 1.82) is 0 Å².